The van der Waals surface area contributed by atoms with Crippen LogP contribution in [0.5, 0.6) is 5.75 Å². The summed E-state index contributed by atoms with van der Waals surface area (Å²) < 4.78 is 5.30. The minimum Gasteiger partial charge on any atom is -0.484 e. The Labute approximate surface area is 185 Å². The van der Waals surface area contributed by atoms with Crippen LogP contribution in [0.3, 0.4) is 0 Å². The minimum absolute atomic E-state index is 0.103. The van der Waals surface area contributed by atoms with Crippen LogP contribution in [0, 0.1) is 0 Å². The van der Waals surface area contributed by atoms with Crippen molar-refractivity contribution >= 4 is 11.9 Å². The molecule has 0 radical (unpaired) electrons. The molecule has 0 aromatic heterocycles. The largest absolute Gasteiger partial charge is 0.484 e. The van der Waals surface area contributed by atoms with Crippen molar-refractivity contribution < 1.29 is 9.53 Å². The van der Waals surface area contributed by atoms with Gasteiger partial charge in [-0.3, -0.25) is 9.79 Å². The molecule has 1 saturated carbocycles. The van der Waals surface area contributed by atoms with Crippen LogP contribution in [0.25, 0.3) is 0 Å². The molecule has 1 fully saturated rings. The van der Waals surface area contributed by atoms with Crippen LogP contribution in [0.4, 0.5) is 0 Å². The van der Waals surface area contributed by atoms with Crippen molar-refractivity contribution in [2.75, 3.05) is 26.2 Å². The molecule has 6 heteroatoms. The summed E-state index contributed by atoms with van der Waals surface area (Å²) >= 11 is 0. The van der Waals surface area contributed by atoms with Crippen molar-refractivity contribution in [3.8, 4) is 5.75 Å². The van der Waals surface area contributed by atoms with Crippen LogP contribution in [0.1, 0.15) is 43.7 Å². The van der Waals surface area contributed by atoms with Gasteiger partial charge in [-0.2, -0.15) is 0 Å². The summed E-state index contributed by atoms with van der Waals surface area (Å²) in [5.74, 6) is 1.04. The fourth-order valence-corrected chi connectivity index (χ4v) is 4.19. The van der Waals surface area contributed by atoms with Gasteiger partial charge in [0.25, 0.3) is 5.91 Å². The molecule has 0 bridgehead atoms. The summed E-state index contributed by atoms with van der Waals surface area (Å²) in [5, 5.41) is 6.84. The Balaban J connectivity index is 1.55. The number of aliphatic imine (C=N–C) groups is 1. The Bertz CT molecular complexity index is 844. The average Bonchev–Trinajstić information content (AvgIpc) is 3.28. The summed E-state index contributed by atoms with van der Waals surface area (Å²) in [4.78, 5) is 15.8. The van der Waals surface area contributed by atoms with Gasteiger partial charge in [0.1, 0.15) is 5.75 Å². The standard InChI is InChI=1S/C25H34N4O2/c1-2-27-24(28-17-14-20-10-12-22(13-11-20)31-18-23(26)30)29-19-25(15-6-7-16-25)21-8-4-3-5-9-21/h3-5,8-13H,2,6-7,14-19H2,1H3,(H2,26,30)(H2,27,28,29). The van der Waals surface area contributed by atoms with Gasteiger partial charge < -0.3 is 21.1 Å². The topological polar surface area (TPSA) is 88.7 Å². The molecule has 0 unspecified atom stereocenters. The molecule has 31 heavy (non-hydrogen) atoms. The summed E-state index contributed by atoms with van der Waals surface area (Å²) in [6, 6.07) is 18.6. The van der Waals surface area contributed by atoms with Gasteiger partial charge in [0.05, 0.1) is 6.54 Å². The Morgan fingerprint density at radius 3 is 2.42 bits per heavy atom. The third-order valence-corrected chi connectivity index (χ3v) is 5.84. The quantitative estimate of drug-likeness (QED) is 0.405. The maximum Gasteiger partial charge on any atom is 0.255 e. The van der Waals surface area contributed by atoms with Gasteiger partial charge in [0, 0.05) is 18.5 Å². The highest BCUT2D eigenvalue weighted by atomic mass is 16.5. The van der Waals surface area contributed by atoms with E-state index in [0.717, 1.165) is 32.0 Å². The summed E-state index contributed by atoms with van der Waals surface area (Å²) in [7, 11) is 0. The molecule has 166 valence electrons. The molecule has 2 aromatic carbocycles. The number of rotatable bonds is 10. The second kappa shape index (κ2) is 11.4. The van der Waals surface area contributed by atoms with Crippen molar-refractivity contribution in [2.45, 2.75) is 44.4 Å². The van der Waals surface area contributed by atoms with Crippen LogP contribution in [0.2, 0.25) is 0 Å². The Morgan fingerprint density at radius 2 is 1.77 bits per heavy atom. The van der Waals surface area contributed by atoms with E-state index in [9.17, 15) is 4.79 Å². The molecule has 0 atom stereocenters. The molecule has 1 aliphatic rings. The number of hydrogen-bond donors (Lipinski definition) is 3. The van der Waals surface area contributed by atoms with E-state index in [4.69, 9.17) is 15.5 Å². The lowest BCUT2D eigenvalue weighted by atomic mass is 9.79. The zero-order chi connectivity index (χ0) is 21.9. The van der Waals surface area contributed by atoms with E-state index in [2.05, 4.69) is 47.9 Å². The van der Waals surface area contributed by atoms with Gasteiger partial charge in [-0.05, 0) is 49.4 Å². The van der Waals surface area contributed by atoms with Gasteiger partial charge >= 0.3 is 0 Å². The summed E-state index contributed by atoms with van der Waals surface area (Å²) in [6.07, 6.45) is 5.81. The Kier molecular flexibility index (Phi) is 8.33. The predicted octanol–water partition coefficient (Wildman–Crippen LogP) is 3.16. The number of amides is 1. The van der Waals surface area contributed by atoms with E-state index < -0.39 is 5.91 Å². The Hall–Kier alpha value is -3.02. The molecule has 1 amide bonds. The second-order valence-electron chi connectivity index (χ2n) is 8.12. The van der Waals surface area contributed by atoms with Crippen LogP contribution in [0.15, 0.2) is 59.6 Å². The number of ether oxygens (including phenoxy) is 1. The maximum atomic E-state index is 10.8. The van der Waals surface area contributed by atoms with Crippen LogP contribution >= 0.6 is 0 Å². The summed E-state index contributed by atoms with van der Waals surface area (Å²) in [6.45, 7) is 4.40. The van der Waals surface area contributed by atoms with Crippen molar-refractivity contribution in [3.63, 3.8) is 0 Å². The van der Waals surface area contributed by atoms with Crippen molar-refractivity contribution in [1.29, 1.82) is 0 Å². The number of carbonyl (C=O) groups excluding carboxylic acids is 1. The van der Waals surface area contributed by atoms with E-state index in [1.807, 2.05) is 24.3 Å². The number of benzene rings is 2. The zero-order valence-electron chi connectivity index (χ0n) is 18.4. The monoisotopic (exact) mass is 422 g/mol. The number of guanidine groups is 1. The third-order valence-electron chi connectivity index (χ3n) is 5.84. The van der Waals surface area contributed by atoms with E-state index in [-0.39, 0.29) is 12.0 Å². The molecule has 0 spiro atoms. The highest BCUT2D eigenvalue weighted by Gasteiger charge is 2.35. The first-order valence-corrected chi connectivity index (χ1v) is 11.2. The Morgan fingerprint density at radius 1 is 1.06 bits per heavy atom. The predicted molar refractivity (Wildman–Crippen MR) is 125 cm³/mol. The van der Waals surface area contributed by atoms with Crippen molar-refractivity contribution in [3.05, 3.63) is 65.7 Å². The SMILES string of the molecule is CCNC(=NCC1(c2ccccc2)CCCC1)NCCc1ccc(OCC(N)=O)cc1. The molecule has 6 nitrogen and oxygen atoms in total. The number of nitrogens with zero attached hydrogens (tertiary/aromatic N) is 1. The van der Waals surface area contributed by atoms with E-state index in [1.54, 1.807) is 0 Å². The highest BCUT2D eigenvalue weighted by Crippen LogP contribution is 2.41. The molecule has 1 aliphatic carbocycles. The molecular weight excluding hydrogens is 388 g/mol. The normalized spacial score (nSPS) is 15.5. The van der Waals surface area contributed by atoms with Crippen LogP contribution in [-0.2, 0) is 16.6 Å². The molecule has 2 aromatic rings. The van der Waals surface area contributed by atoms with Crippen molar-refractivity contribution in [2.24, 2.45) is 10.7 Å². The molecule has 0 heterocycles. The number of primary amides is 1. The van der Waals surface area contributed by atoms with Gasteiger partial charge in [-0.15, -0.1) is 0 Å². The molecule has 3 rings (SSSR count). The van der Waals surface area contributed by atoms with E-state index >= 15 is 0 Å². The van der Waals surface area contributed by atoms with Crippen LogP contribution in [-0.4, -0.2) is 38.1 Å². The van der Waals surface area contributed by atoms with Gasteiger partial charge in [0.15, 0.2) is 12.6 Å². The van der Waals surface area contributed by atoms with Crippen molar-refractivity contribution in [1.82, 2.24) is 10.6 Å². The van der Waals surface area contributed by atoms with Gasteiger partial charge in [0.2, 0.25) is 0 Å². The first kappa shape index (κ1) is 22.7. The van der Waals surface area contributed by atoms with E-state index in [1.165, 1.54) is 36.8 Å². The average molecular weight is 423 g/mol. The fraction of sp³-hybridized carbons (Fsp3) is 0.440. The second-order valence-corrected chi connectivity index (χ2v) is 8.12. The lowest BCUT2D eigenvalue weighted by molar-refractivity contribution is -0.119. The lowest BCUT2D eigenvalue weighted by Crippen LogP contribution is -2.39. The van der Waals surface area contributed by atoms with Crippen LogP contribution < -0.4 is 21.1 Å². The number of carbonyl (C=O) groups is 1. The zero-order valence-corrected chi connectivity index (χ0v) is 18.4. The number of hydrogen-bond acceptors (Lipinski definition) is 3. The van der Waals surface area contributed by atoms with E-state index in [0.29, 0.717) is 5.75 Å². The minimum atomic E-state index is -0.477. The molecule has 0 aliphatic heterocycles. The van der Waals surface area contributed by atoms with Gasteiger partial charge in [-0.25, -0.2) is 0 Å². The molecule has 4 N–H and O–H groups in total. The molecular formula is C25H34N4O2. The fourth-order valence-electron chi connectivity index (χ4n) is 4.19. The number of nitrogens with one attached hydrogen (secondary N) is 2. The third kappa shape index (κ3) is 6.74. The smallest absolute Gasteiger partial charge is 0.255 e. The lowest BCUT2D eigenvalue weighted by Gasteiger charge is -2.28. The highest BCUT2D eigenvalue weighted by molar-refractivity contribution is 5.79. The first-order valence-electron chi connectivity index (χ1n) is 11.2. The first-order chi connectivity index (χ1) is 15.1. The summed E-state index contributed by atoms with van der Waals surface area (Å²) in [5.41, 5.74) is 7.86. The van der Waals surface area contributed by atoms with Gasteiger partial charge in [-0.1, -0.05) is 55.3 Å². The molecule has 0 saturated heterocycles. The maximum absolute atomic E-state index is 10.8. The number of nitrogens with two attached hydrogens (primary N) is 1.